The zero-order valence-electron chi connectivity index (χ0n) is 18.8. The van der Waals surface area contributed by atoms with Crippen LogP contribution >= 0.6 is 0 Å². The van der Waals surface area contributed by atoms with Crippen LogP contribution in [0, 0.1) is 6.92 Å². The molecule has 0 aliphatic carbocycles. The monoisotopic (exact) mass is 478 g/mol. The van der Waals surface area contributed by atoms with Crippen molar-refractivity contribution in [1.29, 1.82) is 0 Å². The molecule has 1 aromatic carbocycles. The third kappa shape index (κ3) is 3.38. The van der Waals surface area contributed by atoms with E-state index in [1.807, 2.05) is 30.7 Å². The SMILES string of the molecule is Cc1cnc2cc3c(cc2n1)nc(Nc1nc2c(=O)[nH]c(N)nc2n1C1CC(O)C(CO)O1)n3C. The highest BCUT2D eigenvalue weighted by atomic mass is 16.5. The molecule has 4 aromatic heterocycles. The lowest BCUT2D eigenvalue weighted by Crippen LogP contribution is -2.24. The summed E-state index contributed by atoms with van der Waals surface area (Å²) in [6.07, 6.45) is -0.572. The number of nitrogens with zero attached hydrogens (tertiary/aromatic N) is 7. The maximum Gasteiger partial charge on any atom is 0.280 e. The summed E-state index contributed by atoms with van der Waals surface area (Å²) in [5.41, 5.74) is 9.26. The number of hydrogen-bond donors (Lipinski definition) is 5. The molecule has 14 nitrogen and oxygen atoms in total. The van der Waals surface area contributed by atoms with Crippen molar-refractivity contribution in [2.75, 3.05) is 17.7 Å². The fourth-order valence-electron chi connectivity index (χ4n) is 4.40. The van der Waals surface area contributed by atoms with E-state index in [1.54, 1.807) is 10.8 Å². The molecule has 6 N–H and O–H groups in total. The summed E-state index contributed by atoms with van der Waals surface area (Å²) < 4.78 is 9.20. The van der Waals surface area contributed by atoms with Crippen molar-refractivity contribution in [3.8, 4) is 0 Å². The van der Waals surface area contributed by atoms with Gasteiger partial charge in [-0.25, -0.2) is 15.0 Å². The van der Waals surface area contributed by atoms with Crippen molar-refractivity contribution in [1.82, 2.24) is 39.0 Å². The van der Waals surface area contributed by atoms with Crippen LogP contribution in [0.25, 0.3) is 33.2 Å². The van der Waals surface area contributed by atoms with Gasteiger partial charge in [-0.15, -0.1) is 0 Å². The van der Waals surface area contributed by atoms with Crippen molar-refractivity contribution in [3.63, 3.8) is 0 Å². The molecule has 5 aromatic rings. The number of imidazole rings is 2. The molecule has 1 saturated heterocycles. The number of fused-ring (bicyclic) bond motifs is 3. The fourth-order valence-corrected chi connectivity index (χ4v) is 4.40. The Labute approximate surface area is 196 Å². The summed E-state index contributed by atoms with van der Waals surface area (Å²) in [5.74, 6) is 0.567. The van der Waals surface area contributed by atoms with Gasteiger partial charge in [-0.2, -0.15) is 4.98 Å². The molecule has 0 saturated carbocycles. The third-order valence-corrected chi connectivity index (χ3v) is 6.13. The first kappa shape index (κ1) is 21.4. The molecule has 1 aliphatic rings. The minimum Gasteiger partial charge on any atom is -0.394 e. The van der Waals surface area contributed by atoms with Crippen LogP contribution in [-0.4, -0.2) is 68.1 Å². The molecule has 0 amide bonds. The van der Waals surface area contributed by atoms with Crippen LogP contribution in [0.3, 0.4) is 0 Å². The van der Waals surface area contributed by atoms with Crippen LogP contribution in [0.4, 0.5) is 17.8 Å². The van der Waals surface area contributed by atoms with Crippen LogP contribution < -0.4 is 16.6 Å². The molecule has 1 fully saturated rings. The van der Waals surface area contributed by atoms with Crippen LogP contribution in [-0.2, 0) is 11.8 Å². The molecule has 1 aliphatic heterocycles. The number of aliphatic hydroxyl groups is 2. The van der Waals surface area contributed by atoms with Gasteiger partial charge in [0.1, 0.15) is 12.3 Å². The number of nitrogen functional groups attached to an aromatic ring is 1. The molecular weight excluding hydrogens is 456 g/mol. The van der Waals surface area contributed by atoms with Gasteiger partial charge in [0.25, 0.3) is 5.56 Å². The Bertz CT molecular complexity index is 1670. The lowest BCUT2D eigenvalue weighted by atomic mass is 10.2. The van der Waals surface area contributed by atoms with Crippen LogP contribution in [0.5, 0.6) is 0 Å². The number of rotatable bonds is 4. The molecule has 3 atom stereocenters. The molecular formula is C21H22N10O4. The van der Waals surface area contributed by atoms with Gasteiger partial charge in [0.05, 0.1) is 40.5 Å². The average Bonchev–Trinajstić information content (AvgIpc) is 3.45. The zero-order valence-corrected chi connectivity index (χ0v) is 18.8. The number of aryl methyl sites for hydroxylation is 2. The largest absolute Gasteiger partial charge is 0.394 e. The minimum atomic E-state index is -0.902. The number of anilines is 3. The first-order chi connectivity index (χ1) is 16.8. The molecule has 0 radical (unpaired) electrons. The van der Waals surface area contributed by atoms with E-state index >= 15 is 0 Å². The number of aliphatic hydroxyl groups excluding tert-OH is 2. The van der Waals surface area contributed by atoms with Gasteiger partial charge in [-0.3, -0.25) is 24.6 Å². The zero-order chi connectivity index (χ0) is 24.4. The number of aromatic amines is 1. The lowest BCUT2D eigenvalue weighted by Gasteiger charge is -2.17. The number of aromatic nitrogens is 8. The summed E-state index contributed by atoms with van der Waals surface area (Å²) in [7, 11) is 1.83. The van der Waals surface area contributed by atoms with Gasteiger partial charge in [-0.05, 0) is 19.1 Å². The summed E-state index contributed by atoms with van der Waals surface area (Å²) in [6.45, 7) is 1.52. The number of nitrogens with two attached hydrogens (primary N) is 1. The topological polar surface area (TPSA) is 195 Å². The molecule has 6 rings (SSSR count). The smallest absolute Gasteiger partial charge is 0.280 e. The first-order valence-corrected chi connectivity index (χ1v) is 10.9. The van der Waals surface area contributed by atoms with E-state index in [4.69, 9.17) is 10.5 Å². The maximum atomic E-state index is 12.5. The van der Waals surface area contributed by atoms with Crippen molar-refractivity contribution >= 4 is 51.1 Å². The van der Waals surface area contributed by atoms with E-state index in [0.717, 1.165) is 22.2 Å². The highest BCUT2D eigenvalue weighted by Crippen LogP contribution is 2.34. The Morgan fingerprint density at radius 1 is 1.20 bits per heavy atom. The molecule has 14 heteroatoms. The standard InChI is InChI=1S/C21H22N10O4/c1-8-6-23-9-4-12-11(3-10(9)24-8)25-20(30(12)2)29-21-26-16-17(27-19(22)28-18(16)34)31(21)15-5-13(33)14(7-32)35-15/h3-4,6,13-15,32-33H,5,7H2,1-2H3,(H,25,26,29)(H3,22,27,28,34). The van der Waals surface area contributed by atoms with Crippen molar-refractivity contribution < 1.29 is 14.9 Å². The predicted molar refractivity (Wildman–Crippen MR) is 126 cm³/mol. The van der Waals surface area contributed by atoms with Gasteiger partial charge in [-0.1, -0.05) is 0 Å². The summed E-state index contributed by atoms with van der Waals surface area (Å²) in [5, 5.41) is 23.0. The Morgan fingerprint density at radius 3 is 2.80 bits per heavy atom. The molecule has 3 unspecified atom stereocenters. The highest BCUT2D eigenvalue weighted by molar-refractivity contribution is 5.92. The van der Waals surface area contributed by atoms with E-state index in [-0.39, 0.29) is 36.1 Å². The number of H-pyrrole nitrogens is 1. The van der Waals surface area contributed by atoms with Gasteiger partial charge in [0.15, 0.2) is 11.2 Å². The van der Waals surface area contributed by atoms with Gasteiger partial charge < -0.3 is 25.3 Å². The van der Waals surface area contributed by atoms with E-state index in [9.17, 15) is 15.0 Å². The summed E-state index contributed by atoms with van der Waals surface area (Å²) in [6, 6.07) is 3.75. The third-order valence-electron chi connectivity index (χ3n) is 6.13. The van der Waals surface area contributed by atoms with Crippen molar-refractivity contribution in [2.24, 2.45) is 7.05 Å². The Hall–Kier alpha value is -4.14. The second kappa shape index (κ2) is 7.69. The molecule has 5 heterocycles. The quantitative estimate of drug-likeness (QED) is 0.237. The fraction of sp³-hybridized carbons (Fsp3) is 0.333. The summed E-state index contributed by atoms with van der Waals surface area (Å²) >= 11 is 0. The molecule has 0 spiro atoms. The van der Waals surface area contributed by atoms with E-state index in [0.29, 0.717) is 11.5 Å². The lowest BCUT2D eigenvalue weighted by molar-refractivity contribution is -0.0425. The minimum absolute atomic E-state index is 0.0422. The Kier molecular flexibility index (Phi) is 4.70. The molecule has 35 heavy (non-hydrogen) atoms. The van der Waals surface area contributed by atoms with Crippen molar-refractivity contribution in [3.05, 3.63) is 34.4 Å². The van der Waals surface area contributed by atoms with E-state index in [2.05, 4.69) is 35.2 Å². The van der Waals surface area contributed by atoms with Crippen molar-refractivity contribution in [2.45, 2.75) is 31.8 Å². The molecule has 180 valence electrons. The van der Waals surface area contributed by atoms with Crippen LogP contribution in [0.1, 0.15) is 18.3 Å². The van der Waals surface area contributed by atoms with Gasteiger partial charge in [0, 0.05) is 19.7 Å². The number of hydrogen-bond acceptors (Lipinski definition) is 11. The summed E-state index contributed by atoms with van der Waals surface area (Å²) in [4.78, 5) is 37.3. The highest BCUT2D eigenvalue weighted by Gasteiger charge is 2.37. The molecule has 0 bridgehead atoms. The second-order valence-electron chi connectivity index (χ2n) is 8.50. The van der Waals surface area contributed by atoms with E-state index in [1.165, 1.54) is 0 Å². The normalized spacial score (nSPS) is 20.4. The number of benzene rings is 1. The Balaban J connectivity index is 1.50. The van der Waals surface area contributed by atoms with Crippen LogP contribution in [0.2, 0.25) is 0 Å². The van der Waals surface area contributed by atoms with E-state index < -0.39 is 24.0 Å². The predicted octanol–water partition coefficient (Wildman–Crippen LogP) is 0.224. The first-order valence-electron chi connectivity index (χ1n) is 10.9. The number of ether oxygens (including phenoxy) is 1. The van der Waals surface area contributed by atoms with Gasteiger partial charge in [0.2, 0.25) is 17.8 Å². The second-order valence-corrected chi connectivity index (χ2v) is 8.50. The maximum absolute atomic E-state index is 12.5. The Morgan fingerprint density at radius 2 is 2.03 bits per heavy atom. The van der Waals surface area contributed by atoms with Gasteiger partial charge >= 0.3 is 0 Å². The average molecular weight is 478 g/mol. The number of nitrogens with one attached hydrogen (secondary N) is 2. The van der Waals surface area contributed by atoms with Crippen LogP contribution in [0.15, 0.2) is 23.1 Å².